The number of nitrogens with zero attached hydrogens (tertiary/aromatic N) is 1. The standard InChI is InChI=1S/C17H34N2/c1-15(2,3)11-12-19-14-16(4,5)18-13-17(19)9-7-6-8-10-17/h18H,6-14H2,1-5H3. The predicted molar refractivity (Wildman–Crippen MR) is 83.5 cm³/mol. The first kappa shape index (κ1) is 15.3. The van der Waals surface area contributed by atoms with Gasteiger partial charge in [-0.2, -0.15) is 0 Å². The molecule has 2 heteroatoms. The molecule has 1 saturated carbocycles. The molecule has 0 unspecified atom stereocenters. The smallest absolute Gasteiger partial charge is 0.0334 e. The molecule has 19 heavy (non-hydrogen) atoms. The Morgan fingerprint density at radius 3 is 2.26 bits per heavy atom. The molecular weight excluding hydrogens is 232 g/mol. The predicted octanol–water partition coefficient (Wildman–Crippen LogP) is 3.81. The first-order chi connectivity index (χ1) is 8.73. The highest BCUT2D eigenvalue weighted by molar-refractivity contribution is 5.03. The molecule has 0 aromatic rings. The number of piperazine rings is 1. The summed E-state index contributed by atoms with van der Waals surface area (Å²) in [7, 11) is 0. The molecule has 0 bridgehead atoms. The fraction of sp³-hybridized carbons (Fsp3) is 1.00. The van der Waals surface area contributed by atoms with Crippen LogP contribution in [0.4, 0.5) is 0 Å². The normalized spacial score (nSPS) is 27.6. The summed E-state index contributed by atoms with van der Waals surface area (Å²) < 4.78 is 0. The van der Waals surface area contributed by atoms with Crippen LogP contribution in [0.15, 0.2) is 0 Å². The van der Waals surface area contributed by atoms with Crippen LogP contribution in [0.5, 0.6) is 0 Å². The fourth-order valence-corrected chi connectivity index (χ4v) is 3.71. The van der Waals surface area contributed by atoms with E-state index in [2.05, 4.69) is 44.8 Å². The van der Waals surface area contributed by atoms with E-state index in [0.29, 0.717) is 11.0 Å². The molecule has 1 saturated heterocycles. The van der Waals surface area contributed by atoms with Crippen molar-refractivity contribution in [2.24, 2.45) is 5.41 Å². The highest BCUT2D eigenvalue weighted by atomic mass is 15.3. The van der Waals surface area contributed by atoms with Gasteiger partial charge >= 0.3 is 0 Å². The SMILES string of the molecule is CC(C)(C)CCN1CC(C)(C)NCC12CCCCC2. The number of nitrogens with one attached hydrogen (secondary N) is 1. The zero-order valence-corrected chi connectivity index (χ0v) is 13.8. The van der Waals surface area contributed by atoms with Crippen LogP contribution >= 0.6 is 0 Å². The average Bonchev–Trinajstić information content (AvgIpc) is 2.31. The van der Waals surface area contributed by atoms with E-state index in [1.54, 1.807) is 0 Å². The third kappa shape index (κ3) is 3.95. The molecule has 0 amide bonds. The second kappa shape index (κ2) is 5.37. The molecule has 0 atom stereocenters. The van der Waals surface area contributed by atoms with Gasteiger partial charge in [0.25, 0.3) is 0 Å². The molecular formula is C17H34N2. The van der Waals surface area contributed by atoms with Gasteiger partial charge in [-0.15, -0.1) is 0 Å². The van der Waals surface area contributed by atoms with Gasteiger partial charge in [0.2, 0.25) is 0 Å². The summed E-state index contributed by atoms with van der Waals surface area (Å²) in [6, 6.07) is 0. The summed E-state index contributed by atoms with van der Waals surface area (Å²) in [5, 5.41) is 3.80. The molecule has 1 N–H and O–H groups in total. The highest BCUT2D eigenvalue weighted by Crippen LogP contribution is 2.37. The van der Waals surface area contributed by atoms with Gasteiger partial charge in [0, 0.05) is 24.2 Å². The summed E-state index contributed by atoms with van der Waals surface area (Å²) in [5.74, 6) is 0. The number of hydrogen-bond donors (Lipinski definition) is 1. The fourth-order valence-electron chi connectivity index (χ4n) is 3.71. The molecule has 0 radical (unpaired) electrons. The monoisotopic (exact) mass is 266 g/mol. The summed E-state index contributed by atoms with van der Waals surface area (Å²) >= 11 is 0. The molecule has 2 aliphatic rings. The quantitative estimate of drug-likeness (QED) is 0.817. The Morgan fingerprint density at radius 1 is 1.05 bits per heavy atom. The van der Waals surface area contributed by atoms with Crippen molar-refractivity contribution in [1.82, 2.24) is 10.2 Å². The minimum absolute atomic E-state index is 0.278. The third-order valence-corrected chi connectivity index (χ3v) is 5.07. The van der Waals surface area contributed by atoms with Crippen molar-refractivity contribution in [2.75, 3.05) is 19.6 Å². The first-order valence-corrected chi connectivity index (χ1v) is 8.23. The largest absolute Gasteiger partial charge is 0.309 e. The molecule has 1 spiro atoms. The van der Waals surface area contributed by atoms with Crippen LogP contribution in [0.3, 0.4) is 0 Å². The average molecular weight is 266 g/mol. The minimum atomic E-state index is 0.278. The van der Waals surface area contributed by atoms with Gasteiger partial charge in [-0.05, 0) is 45.1 Å². The Morgan fingerprint density at radius 2 is 1.68 bits per heavy atom. The molecule has 2 fully saturated rings. The second-order valence-electron chi connectivity index (χ2n) is 8.75. The van der Waals surface area contributed by atoms with Crippen LogP contribution in [0.2, 0.25) is 0 Å². The van der Waals surface area contributed by atoms with Gasteiger partial charge < -0.3 is 5.32 Å². The van der Waals surface area contributed by atoms with Crippen LogP contribution in [0.1, 0.15) is 73.1 Å². The molecule has 1 aliphatic carbocycles. The Balaban J connectivity index is 2.07. The topological polar surface area (TPSA) is 15.3 Å². The van der Waals surface area contributed by atoms with Gasteiger partial charge in [-0.25, -0.2) is 0 Å². The van der Waals surface area contributed by atoms with Gasteiger partial charge in [0.1, 0.15) is 0 Å². The van der Waals surface area contributed by atoms with E-state index in [9.17, 15) is 0 Å². The molecule has 0 aromatic heterocycles. The molecule has 1 heterocycles. The zero-order valence-electron chi connectivity index (χ0n) is 13.8. The minimum Gasteiger partial charge on any atom is -0.309 e. The Labute approximate surface area is 120 Å². The van der Waals surface area contributed by atoms with E-state index >= 15 is 0 Å². The Hall–Kier alpha value is -0.0800. The maximum Gasteiger partial charge on any atom is 0.0334 e. The zero-order chi connectivity index (χ0) is 14.1. The van der Waals surface area contributed by atoms with Crippen molar-refractivity contribution in [2.45, 2.75) is 84.2 Å². The van der Waals surface area contributed by atoms with Crippen LogP contribution in [0, 0.1) is 5.41 Å². The summed E-state index contributed by atoms with van der Waals surface area (Å²) in [6.07, 6.45) is 8.41. The third-order valence-electron chi connectivity index (χ3n) is 5.07. The summed E-state index contributed by atoms with van der Waals surface area (Å²) in [4.78, 5) is 2.84. The van der Waals surface area contributed by atoms with Gasteiger partial charge in [0.05, 0.1) is 0 Å². The van der Waals surface area contributed by atoms with Crippen LogP contribution < -0.4 is 5.32 Å². The lowest BCUT2D eigenvalue weighted by Gasteiger charge is -2.55. The van der Waals surface area contributed by atoms with Crippen molar-refractivity contribution in [3.8, 4) is 0 Å². The van der Waals surface area contributed by atoms with E-state index in [4.69, 9.17) is 0 Å². The van der Waals surface area contributed by atoms with Crippen molar-refractivity contribution in [3.05, 3.63) is 0 Å². The van der Waals surface area contributed by atoms with Crippen molar-refractivity contribution >= 4 is 0 Å². The van der Waals surface area contributed by atoms with Gasteiger partial charge in [-0.3, -0.25) is 4.90 Å². The van der Waals surface area contributed by atoms with E-state index in [-0.39, 0.29) is 5.54 Å². The van der Waals surface area contributed by atoms with Crippen molar-refractivity contribution < 1.29 is 0 Å². The van der Waals surface area contributed by atoms with Crippen LogP contribution in [-0.4, -0.2) is 35.6 Å². The van der Waals surface area contributed by atoms with Crippen LogP contribution in [0.25, 0.3) is 0 Å². The lowest BCUT2D eigenvalue weighted by atomic mass is 9.76. The molecule has 2 rings (SSSR count). The molecule has 112 valence electrons. The van der Waals surface area contributed by atoms with Crippen molar-refractivity contribution in [3.63, 3.8) is 0 Å². The van der Waals surface area contributed by atoms with E-state index in [1.807, 2.05) is 0 Å². The van der Waals surface area contributed by atoms with Crippen LogP contribution in [-0.2, 0) is 0 Å². The second-order valence-corrected chi connectivity index (χ2v) is 8.75. The summed E-state index contributed by atoms with van der Waals surface area (Å²) in [5.41, 5.74) is 1.20. The Kier molecular flexibility index (Phi) is 4.32. The molecule has 0 aromatic carbocycles. The van der Waals surface area contributed by atoms with Crippen molar-refractivity contribution in [1.29, 1.82) is 0 Å². The lowest BCUT2D eigenvalue weighted by molar-refractivity contribution is -0.0156. The highest BCUT2D eigenvalue weighted by Gasteiger charge is 2.44. The van der Waals surface area contributed by atoms with E-state index in [1.165, 1.54) is 58.2 Å². The molecule has 1 aliphatic heterocycles. The number of rotatable bonds is 2. The molecule has 2 nitrogen and oxygen atoms in total. The van der Waals surface area contributed by atoms with Gasteiger partial charge in [-0.1, -0.05) is 40.0 Å². The first-order valence-electron chi connectivity index (χ1n) is 8.23. The van der Waals surface area contributed by atoms with Gasteiger partial charge in [0.15, 0.2) is 0 Å². The maximum atomic E-state index is 3.80. The number of hydrogen-bond acceptors (Lipinski definition) is 2. The van der Waals surface area contributed by atoms with E-state index < -0.39 is 0 Å². The summed E-state index contributed by atoms with van der Waals surface area (Å²) in [6.45, 7) is 15.5. The maximum absolute atomic E-state index is 3.80. The van der Waals surface area contributed by atoms with E-state index in [0.717, 1.165) is 0 Å². The lowest BCUT2D eigenvalue weighted by Crippen LogP contribution is -2.68. The Bertz CT molecular complexity index is 295.